The average Bonchev–Trinajstić information content (AvgIpc) is 2.90. The SMILES string of the molecule is FCCCN(CC1CC1)CC1CCCN1. The number of alkyl halides is 1. The molecule has 0 spiro atoms. The summed E-state index contributed by atoms with van der Waals surface area (Å²) < 4.78 is 12.2. The molecule has 1 saturated heterocycles. The van der Waals surface area contributed by atoms with Crippen molar-refractivity contribution in [3.05, 3.63) is 0 Å². The molecule has 88 valence electrons. The van der Waals surface area contributed by atoms with Crippen LogP contribution in [0, 0.1) is 5.92 Å². The number of rotatable bonds is 7. The summed E-state index contributed by atoms with van der Waals surface area (Å²) in [5.41, 5.74) is 0. The molecule has 1 N–H and O–H groups in total. The van der Waals surface area contributed by atoms with Crippen LogP contribution < -0.4 is 5.32 Å². The van der Waals surface area contributed by atoms with Crippen molar-refractivity contribution in [2.24, 2.45) is 5.92 Å². The van der Waals surface area contributed by atoms with Crippen molar-refractivity contribution in [3.8, 4) is 0 Å². The monoisotopic (exact) mass is 214 g/mol. The Bertz CT molecular complexity index is 176. The van der Waals surface area contributed by atoms with Crippen molar-refractivity contribution in [2.75, 3.05) is 32.9 Å². The van der Waals surface area contributed by atoms with Gasteiger partial charge in [-0.1, -0.05) is 0 Å². The van der Waals surface area contributed by atoms with Crippen LogP contribution in [0.2, 0.25) is 0 Å². The highest BCUT2D eigenvalue weighted by atomic mass is 19.1. The number of hydrogen-bond acceptors (Lipinski definition) is 2. The van der Waals surface area contributed by atoms with Crippen molar-refractivity contribution < 1.29 is 4.39 Å². The molecule has 0 aromatic heterocycles. The first-order valence-corrected chi connectivity index (χ1v) is 6.40. The number of nitrogens with zero attached hydrogens (tertiary/aromatic N) is 1. The molecule has 1 aliphatic heterocycles. The van der Waals surface area contributed by atoms with Gasteiger partial charge in [0, 0.05) is 25.7 Å². The second-order valence-corrected chi connectivity index (χ2v) is 5.04. The summed E-state index contributed by atoms with van der Waals surface area (Å²) in [6, 6.07) is 0.670. The molecule has 2 rings (SSSR count). The fraction of sp³-hybridized carbons (Fsp3) is 1.00. The summed E-state index contributed by atoms with van der Waals surface area (Å²) >= 11 is 0. The van der Waals surface area contributed by atoms with Crippen molar-refractivity contribution in [3.63, 3.8) is 0 Å². The Morgan fingerprint density at radius 3 is 2.67 bits per heavy atom. The van der Waals surface area contributed by atoms with Crippen LogP contribution in [-0.4, -0.2) is 43.8 Å². The van der Waals surface area contributed by atoms with Crippen LogP contribution in [0.15, 0.2) is 0 Å². The van der Waals surface area contributed by atoms with E-state index in [0.717, 1.165) is 19.0 Å². The highest BCUT2D eigenvalue weighted by molar-refractivity contribution is 4.82. The van der Waals surface area contributed by atoms with Crippen molar-refractivity contribution >= 4 is 0 Å². The minimum Gasteiger partial charge on any atom is -0.313 e. The maximum Gasteiger partial charge on any atom is 0.0906 e. The van der Waals surface area contributed by atoms with Gasteiger partial charge in [0.15, 0.2) is 0 Å². The molecule has 0 radical (unpaired) electrons. The zero-order valence-electron chi connectivity index (χ0n) is 9.55. The standard InChI is InChI=1S/C12H23FN2/c13-6-2-8-15(9-11-4-5-11)10-12-3-1-7-14-12/h11-12,14H,1-10H2. The Labute approximate surface area is 92.2 Å². The Morgan fingerprint density at radius 2 is 2.07 bits per heavy atom. The minimum absolute atomic E-state index is 0.167. The normalized spacial score (nSPS) is 26.4. The number of halogens is 1. The third kappa shape index (κ3) is 4.07. The lowest BCUT2D eigenvalue weighted by molar-refractivity contribution is 0.229. The predicted molar refractivity (Wildman–Crippen MR) is 60.8 cm³/mol. The van der Waals surface area contributed by atoms with E-state index in [4.69, 9.17) is 0 Å². The molecule has 0 amide bonds. The lowest BCUT2D eigenvalue weighted by Crippen LogP contribution is -2.39. The molecule has 0 bridgehead atoms. The molecule has 2 nitrogen and oxygen atoms in total. The van der Waals surface area contributed by atoms with Crippen molar-refractivity contribution in [1.29, 1.82) is 0 Å². The second-order valence-electron chi connectivity index (χ2n) is 5.04. The van der Waals surface area contributed by atoms with Crippen LogP contribution in [0.25, 0.3) is 0 Å². The molecule has 2 aliphatic rings. The summed E-state index contributed by atoms with van der Waals surface area (Å²) in [4.78, 5) is 2.47. The predicted octanol–water partition coefficient (Wildman–Crippen LogP) is 1.81. The van der Waals surface area contributed by atoms with E-state index in [1.54, 1.807) is 0 Å². The fourth-order valence-electron chi connectivity index (χ4n) is 2.43. The van der Waals surface area contributed by atoms with Gasteiger partial charge in [-0.25, -0.2) is 0 Å². The largest absolute Gasteiger partial charge is 0.313 e. The van der Waals surface area contributed by atoms with Crippen LogP contribution in [0.4, 0.5) is 4.39 Å². The molecule has 1 heterocycles. The van der Waals surface area contributed by atoms with Crippen molar-refractivity contribution in [1.82, 2.24) is 10.2 Å². The molecular weight excluding hydrogens is 191 g/mol. The van der Waals surface area contributed by atoms with Gasteiger partial charge < -0.3 is 10.2 Å². The average molecular weight is 214 g/mol. The molecule has 15 heavy (non-hydrogen) atoms. The number of nitrogens with one attached hydrogen (secondary N) is 1. The molecule has 1 aliphatic carbocycles. The van der Waals surface area contributed by atoms with Crippen LogP contribution in [0.3, 0.4) is 0 Å². The van der Waals surface area contributed by atoms with Gasteiger partial charge in [0.2, 0.25) is 0 Å². The van der Waals surface area contributed by atoms with E-state index in [0.29, 0.717) is 12.5 Å². The topological polar surface area (TPSA) is 15.3 Å². The maximum atomic E-state index is 12.2. The molecule has 1 saturated carbocycles. The van der Waals surface area contributed by atoms with E-state index in [2.05, 4.69) is 10.2 Å². The van der Waals surface area contributed by atoms with Gasteiger partial charge >= 0.3 is 0 Å². The number of hydrogen-bond donors (Lipinski definition) is 1. The first-order valence-electron chi connectivity index (χ1n) is 6.40. The first-order chi connectivity index (χ1) is 7.38. The summed E-state index contributed by atoms with van der Waals surface area (Å²) in [6.07, 6.45) is 6.11. The molecule has 1 atom stereocenters. The van der Waals surface area contributed by atoms with E-state index in [9.17, 15) is 4.39 Å². The van der Waals surface area contributed by atoms with Crippen LogP contribution >= 0.6 is 0 Å². The lowest BCUT2D eigenvalue weighted by atomic mass is 10.2. The Kier molecular flexibility index (Phi) is 4.39. The summed E-state index contributed by atoms with van der Waals surface area (Å²) in [6.45, 7) is 4.30. The zero-order valence-corrected chi connectivity index (χ0v) is 9.55. The molecule has 0 aromatic rings. The van der Waals surface area contributed by atoms with Crippen LogP contribution in [0.5, 0.6) is 0 Å². The molecule has 3 heteroatoms. The van der Waals surface area contributed by atoms with Gasteiger partial charge in [0.05, 0.1) is 6.67 Å². The highest BCUT2D eigenvalue weighted by Gasteiger charge is 2.26. The third-order valence-electron chi connectivity index (χ3n) is 3.46. The van der Waals surface area contributed by atoms with E-state index in [-0.39, 0.29) is 6.67 Å². The highest BCUT2D eigenvalue weighted by Crippen LogP contribution is 2.29. The molecule has 2 fully saturated rings. The van der Waals surface area contributed by atoms with Gasteiger partial charge in [0.1, 0.15) is 0 Å². The first kappa shape index (κ1) is 11.3. The minimum atomic E-state index is -0.167. The van der Waals surface area contributed by atoms with Gasteiger partial charge in [-0.05, 0) is 44.6 Å². The van der Waals surface area contributed by atoms with Crippen molar-refractivity contribution in [2.45, 2.75) is 38.1 Å². The van der Waals surface area contributed by atoms with Crippen LogP contribution in [0.1, 0.15) is 32.1 Å². The quantitative estimate of drug-likeness (QED) is 0.695. The summed E-state index contributed by atoms with van der Waals surface area (Å²) in [7, 11) is 0. The summed E-state index contributed by atoms with van der Waals surface area (Å²) in [5.74, 6) is 0.922. The third-order valence-corrected chi connectivity index (χ3v) is 3.46. The zero-order chi connectivity index (χ0) is 10.5. The van der Waals surface area contributed by atoms with Gasteiger partial charge in [-0.15, -0.1) is 0 Å². The fourth-order valence-corrected chi connectivity index (χ4v) is 2.43. The second kappa shape index (κ2) is 5.80. The summed E-state index contributed by atoms with van der Waals surface area (Å²) in [5, 5.41) is 3.52. The Balaban J connectivity index is 1.69. The van der Waals surface area contributed by atoms with Gasteiger partial charge in [0.25, 0.3) is 0 Å². The lowest BCUT2D eigenvalue weighted by Gasteiger charge is -2.25. The maximum absolute atomic E-state index is 12.2. The molecular formula is C12H23FN2. The van der Waals surface area contributed by atoms with E-state index in [1.807, 2.05) is 0 Å². The Hall–Kier alpha value is -0.150. The Morgan fingerprint density at radius 1 is 1.20 bits per heavy atom. The van der Waals surface area contributed by atoms with E-state index < -0.39 is 0 Å². The van der Waals surface area contributed by atoms with E-state index >= 15 is 0 Å². The molecule has 0 aromatic carbocycles. The van der Waals surface area contributed by atoms with Crippen LogP contribution in [-0.2, 0) is 0 Å². The van der Waals surface area contributed by atoms with Gasteiger partial charge in [-0.2, -0.15) is 0 Å². The molecule has 1 unspecified atom stereocenters. The smallest absolute Gasteiger partial charge is 0.0906 e. The van der Waals surface area contributed by atoms with Gasteiger partial charge in [-0.3, -0.25) is 4.39 Å². The van der Waals surface area contributed by atoms with E-state index in [1.165, 1.54) is 38.8 Å².